The Kier molecular flexibility index (Phi) is 10.2. The van der Waals surface area contributed by atoms with E-state index in [9.17, 15) is 23.1 Å². The molecule has 11 heteroatoms. The molecule has 1 aliphatic heterocycles. The Balaban J connectivity index is 1.59. The van der Waals surface area contributed by atoms with Crippen LogP contribution in [0.15, 0.2) is 82.7 Å². The van der Waals surface area contributed by atoms with E-state index in [1.54, 1.807) is 12.1 Å². The van der Waals surface area contributed by atoms with Crippen LogP contribution in [0.1, 0.15) is 24.8 Å². The number of carboxylic acid groups (broad SMARTS) is 1. The van der Waals surface area contributed by atoms with Gasteiger partial charge in [0.1, 0.15) is 11.9 Å². The number of carbonyl (C=O) groups is 2. The van der Waals surface area contributed by atoms with Crippen molar-refractivity contribution >= 4 is 38.5 Å². The molecular weight excluding hydrogens is 542 g/mol. The molecule has 0 spiro atoms. The number of nitrogens with zero attached hydrogens (tertiary/aromatic N) is 1. The van der Waals surface area contributed by atoms with Crippen molar-refractivity contribution in [2.45, 2.75) is 36.6 Å². The molecule has 3 unspecified atom stereocenters. The summed E-state index contributed by atoms with van der Waals surface area (Å²) in [6.07, 6.45) is 1.46. The highest BCUT2D eigenvalue weighted by Crippen LogP contribution is 2.28. The molecule has 0 aromatic heterocycles. The lowest BCUT2D eigenvalue weighted by atomic mass is 9.78. The molecule has 3 aromatic rings. The second-order valence-corrected chi connectivity index (χ2v) is 12.2. The number of aliphatic carboxylic acids is 1. The van der Waals surface area contributed by atoms with Crippen molar-refractivity contribution in [3.63, 3.8) is 0 Å². The molecule has 10 nitrogen and oxygen atoms in total. The molecule has 4 rings (SSSR count). The van der Waals surface area contributed by atoms with Crippen LogP contribution in [-0.4, -0.2) is 56.9 Å². The van der Waals surface area contributed by atoms with Gasteiger partial charge in [0.25, 0.3) is 5.91 Å². The van der Waals surface area contributed by atoms with Crippen molar-refractivity contribution in [1.29, 1.82) is 0 Å². The van der Waals surface area contributed by atoms with E-state index in [0.717, 1.165) is 16.3 Å². The maximum Gasteiger partial charge on any atom is 0.306 e. The van der Waals surface area contributed by atoms with Crippen LogP contribution >= 0.6 is 0 Å². The van der Waals surface area contributed by atoms with E-state index in [2.05, 4.69) is 15.0 Å². The maximum atomic E-state index is 13.5. The van der Waals surface area contributed by atoms with E-state index in [1.807, 2.05) is 54.6 Å². The summed E-state index contributed by atoms with van der Waals surface area (Å²) in [4.78, 5) is 29.5. The van der Waals surface area contributed by atoms with E-state index in [0.29, 0.717) is 32.4 Å². The van der Waals surface area contributed by atoms with Crippen LogP contribution in [-0.2, 0) is 26.0 Å². The summed E-state index contributed by atoms with van der Waals surface area (Å²) < 4.78 is 29.5. The summed E-state index contributed by atoms with van der Waals surface area (Å²) in [5.41, 5.74) is 12.8. The van der Waals surface area contributed by atoms with Crippen LogP contribution in [0, 0.1) is 17.8 Å². The number of carbonyl (C=O) groups excluding carboxylic acids is 1. The van der Waals surface area contributed by atoms with Crippen molar-refractivity contribution in [2.24, 2.45) is 34.2 Å². The SMILES string of the molecule is NCCC(CC1CCNCC1C(N)=NC(=O)[C@H](Cc1ccccc1)NS(=O)(=O)c1ccc2ccccc2c1)C(=O)O. The van der Waals surface area contributed by atoms with E-state index in [4.69, 9.17) is 11.5 Å². The summed E-state index contributed by atoms with van der Waals surface area (Å²) >= 11 is 0. The molecule has 1 aliphatic rings. The van der Waals surface area contributed by atoms with Crippen LogP contribution in [0.3, 0.4) is 0 Å². The smallest absolute Gasteiger partial charge is 0.306 e. The van der Waals surface area contributed by atoms with Gasteiger partial charge in [-0.1, -0.05) is 60.7 Å². The second kappa shape index (κ2) is 13.8. The number of benzene rings is 3. The normalized spacial score (nSPS) is 19.5. The molecule has 3 aromatic carbocycles. The molecule has 1 heterocycles. The number of nitrogens with two attached hydrogens (primary N) is 2. The highest BCUT2D eigenvalue weighted by Gasteiger charge is 2.33. The summed E-state index contributed by atoms with van der Waals surface area (Å²) in [6.45, 7) is 1.39. The Bertz CT molecular complexity index is 1500. The first-order valence-electron chi connectivity index (χ1n) is 13.7. The number of hydrogen-bond donors (Lipinski definition) is 5. The Morgan fingerprint density at radius 2 is 1.76 bits per heavy atom. The Hall–Kier alpha value is -3.64. The standard InChI is InChI=1S/C30H37N5O5S/c31-14-12-24(30(37)38)17-23-13-15-33-19-26(23)28(32)34-29(36)27(16-20-6-2-1-3-7-20)35-41(39,40)25-11-10-21-8-4-5-9-22(21)18-25/h1-11,18,23-24,26-27,33,35H,12-17,19,31H2,(H,37,38)(H2,32,34,36)/t23?,24?,26?,27-/m0/s1. The first kappa shape index (κ1) is 30.3. The summed E-state index contributed by atoms with van der Waals surface area (Å²) in [7, 11) is -4.09. The maximum absolute atomic E-state index is 13.5. The molecule has 41 heavy (non-hydrogen) atoms. The van der Waals surface area contributed by atoms with E-state index in [-0.39, 0.29) is 35.5 Å². The van der Waals surface area contributed by atoms with Crippen LogP contribution in [0.4, 0.5) is 0 Å². The fourth-order valence-corrected chi connectivity index (χ4v) is 6.58. The van der Waals surface area contributed by atoms with Crippen molar-refractivity contribution in [3.05, 3.63) is 78.4 Å². The third kappa shape index (κ3) is 7.98. The van der Waals surface area contributed by atoms with E-state index in [1.165, 1.54) is 6.07 Å². The molecule has 4 atom stereocenters. The average molecular weight is 580 g/mol. The minimum Gasteiger partial charge on any atom is -0.481 e. The molecule has 218 valence electrons. The Morgan fingerprint density at radius 1 is 1.05 bits per heavy atom. The highest BCUT2D eigenvalue weighted by molar-refractivity contribution is 7.89. The summed E-state index contributed by atoms with van der Waals surface area (Å²) in [5, 5.41) is 14.5. The summed E-state index contributed by atoms with van der Waals surface area (Å²) in [5.74, 6) is -2.66. The van der Waals surface area contributed by atoms with Crippen molar-refractivity contribution in [3.8, 4) is 0 Å². The van der Waals surface area contributed by atoms with Gasteiger partial charge in [0.2, 0.25) is 10.0 Å². The minimum atomic E-state index is -4.09. The Labute approximate surface area is 240 Å². The number of hydrogen-bond acceptors (Lipinski definition) is 6. The van der Waals surface area contributed by atoms with Crippen molar-refractivity contribution in [2.75, 3.05) is 19.6 Å². The summed E-state index contributed by atoms with van der Waals surface area (Å²) in [6, 6.07) is 20.1. The van der Waals surface area contributed by atoms with Gasteiger partial charge in [0, 0.05) is 12.5 Å². The number of amidine groups is 1. The molecule has 1 amide bonds. The third-order valence-electron chi connectivity index (χ3n) is 7.61. The Morgan fingerprint density at radius 3 is 2.46 bits per heavy atom. The predicted octanol–water partition coefficient (Wildman–Crippen LogP) is 2.28. The van der Waals surface area contributed by atoms with Gasteiger partial charge in [0.05, 0.1) is 10.8 Å². The van der Waals surface area contributed by atoms with Gasteiger partial charge in [0.15, 0.2) is 0 Å². The van der Waals surface area contributed by atoms with Gasteiger partial charge >= 0.3 is 5.97 Å². The number of fused-ring (bicyclic) bond motifs is 1. The molecule has 0 saturated carbocycles. The number of amides is 1. The fraction of sp³-hybridized carbons (Fsp3) is 0.367. The predicted molar refractivity (Wildman–Crippen MR) is 159 cm³/mol. The highest BCUT2D eigenvalue weighted by atomic mass is 32.2. The van der Waals surface area contributed by atoms with Crippen LogP contribution in [0.25, 0.3) is 10.8 Å². The van der Waals surface area contributed by atoms with Gasteiger partial charge in [-0.15, -0.1) is 0 Å². The molecule has 0 aliphatic carbocycles. The minimum absolute atomic E-state index is 0.0372. The first-order chi connectivity index (χ1) is 19.7. The lowest BCUT2D eigenvalue weighted by Crippen LogP contribution is -2.46. The molecule has 1 fully saturated rings. The van der Waals surface area contributed by atoms with Crippen LogP contribution < -0.4 is 21.5 Å². The lowest BCUT2D eigenvalue weighted by Gasteiger charge is -2.33. The zero-order valence-electron chi connectivity index (χ0n) is 22.8. The van der Waals surface area contributed by atoms with Crippen LogP contribution in [0.5, 0.6) is 0 Å². The average Bonchev–Trinajstić information content (AvgIpc) is 2.97. The number of piperidine rings is 1. The number of nitrogens with one attached hydrogen (secondary N) is 2. The van der Waals surface area contributed by atoms with Crippen molar-refractivity contribution in [1.82, 2.24) is 10.0 Å². The molecule has 0 radical (unpaired) electrons. The zero-order valence-corrected chi connectivity index (χ0v) is 23.6. The molecular formula is C30H37N5O5S. The topological polar surface area (TPSA) is 177 Å². The largest absolute Gasteiger partial charge is 0.481 e. The molecule has 0 bridgehead atoms. The monoisotopic (exact) mass is 579 g/mol. The number of aliphatic imine (C=N–C) groups is 1. The number of sulfonamides is 1. The van der Waals surface area contributed by atoms with Crippen molar-refractivity contribution < 1.29 is 23.1 Å². The number of rotatable bonds is 12. The van der Waals surface area contributed by atoms with Gasteiger partial charge in [-0.05, 0) is 73.2 Å². The lowest BCUT2D eigenvalue weighted by molar-refractivity contribution is -0.142. The van der Waals surface area contributed by atoms with Gasteiger partial charge in [-0.25, -0.2) is 8.42 Å². The van der Waals surface area contributed by atoms with Gasteiger partial charge in [-0.3, -0.25) is 9.59 Å². The van der Waals surface area contributed by atoms with Gasteiger partial charge in [-0.2, -0.15) is 9.71 Å². The van der Waals surface area contributed by atoms with E-state index >= 15 is 0 Å². The zero-order chi connectivity index (χ0) is 29.4. The quantitative estimate of drug-likeness (QED) is 0.160. The van der Waals surface area contributed by atoms with Gasteiger partial charge < -0.3 is 21.9 Å². The van der Waals surface area contributed by atoms with E-state index < -0.39 is 33.9 Å². The fourth-order valence-electron chi connectivity index (χ4n) is 5.36. The first-order valence-corrected chi connectivity index (χ1v) is 15.2. The molecule has 7 N–H and O–H groups in total. The van der Waals surface area contributed by atoms with Crippen LogP contribution in [0.2, 0.25) is 0 Å². The third-order valence-corrected chi connectivity index (χ3v) is 9.07. The number of carboxylic acids is 1. The second-order valence-electron chi connectivity index (χ2n) is 10.5. The molecule has 1 saturated heterocycles.